The van der Waals surface area contributed by atoms with E-state index < -0.39 is 24.1 Å². The maximum Gasteiger partial charge on any atom is 0.411 e. The van der Waals surface area contributed by atoms with Gasteiger partial charge in [-0.25, -0.2) is 19.2 Å². The highest BCUT2D eigenvalue weighted by atomic mass is 16.5. The minimum absolute atomic E-state index is 0.0258. The Morgan fingerprint density at radius 1 is 0.742 bits per heavy atom. The number of benzene rings is 2. The summed E-state index contributed by atoms with van der Waals surface area (Å²) < 4.78 is 13.7. The molecule has 2 aromatic carbocycles. The third kappa shape index (κ3) is 7.57. The van der Waals surface area contributed by atoms with Crippen molar-refractivity contribution in [1.82, 2.24) is 0 Å². The molecule has 0 fully saturated rings. The van der Waals surface area contributed by atoms with Crippen molar-refractivity contribution >= 4 is 35.5 Å². The first-order chi connectivity index (χ1) is 14.6. The Hall–Kier alpha value is -4.28. The predicted molar refractivity (Wildman–Crippen MR) is 110 cm³/mol. The van der Waals surface area contributed by atoms with Gasteiger partial charge in [-0.15, -0.1) is 0 Å². The highest BCUT2D eigenvalue weighted by Crippen LogP contribution is 2.23. The molecule has 0 radical (unpaired) electrons. The Balaban J connectivity index is 0.000000311. The minimum Gasteiger partial charge on any atom is -0.496 e. The molecule has 0 aromatic heterocycles. The van der Waals surface area contributed by atoms with Crippen molar-refractivity contribution in [3.05, 3.63) is 53.1 Å². The van der Waals surface area contributed by atoms with E-state index in [1.807, 2.05) is 0 Å². The van der Waals surface area contributed by atoms with Crippen LogP contribution in [0.2, 0.25) is 0 Å². The number of aryl methyl sites for hydroxylation is 1. The molecule has 0 bridgehead atoms. The topological polar surface area (TPSA) is 160 Å². The predicted octanol–water partition coefficient (Wildman–Crippen LogP) is 3.44. The zero-order chi connectivity index (χ0) is 23.6. The number of anilines is 2. The average molecular weight is 434 g/mol. The van der Waals surface area contributed by atoms with E-state index in [0.717, 1.165) is 0 Å². The lowest BCUT2D eigenvalue weighted by molar-refractivity contribution is 0.0683. The Labute approximate surface area is 177 Å². The van der Waals surface area contributed by atoms with Crippen LogP contribution in [0.1, 0.15) is 26.3 Å². The van der Waals surface area contributed by atoms with E-state index in [0.29, 0.717) is 16.9 Å². The number of hydrogen-bond acceptors (Lipinski definition) is 7. The van der Waals surface area contributed by atoms with Crippen molar-refractivity contribution in [2.45, 2.75) is 6.92 Å². The van der Waals surface area contributed by atoms with Gasteiger partial charge in [-0.1, -0.05) is 0 Å². The number of carboxylic acid groups (broad SMARTS) is 2. The summed E-state index contributed by atoms with van der Waals surface area (Å²) in [5, 5.41) is 22.4. The van der Waals surface area contributed by atoms with Crippen LogP contribution >= 0.6 is 0 Å². The molecule has 11 nitrogen and oxygen atoms in total. The van der Waals surface area contributed by atoms with Gasteiger partial charge in [-0.3, -0.25) is 10.6 Å². The van der Waals surface area contributed by atoms with E-state index in [9.17, 15) is 19.2 Å². The minimum atomic E-state index is -1.10. The Bertz CT molecular complexity index is 973. The molecule has 166 valence electrons. The van der Waals surface area contributed by atoms with E-state index in [1.165, 1.54) is 51.7 Å². The molecule has 0 aliphatic rings. The van der Waals surface area contributed by atoms with Gasteiger partial charge in [0.15, 0.2) is 0 Å². The van der Waals surface area contributed by atoms with Crippen LogP contribution in [0.3, 0.4) is 0 Å². The van der Waals surface area contributed by atoms with Crippen LogP contribution in [0, 0.1) is 6.92 Å². The molecule has 2 aromatic rings. The Kier molecular flexibility index (Phi) is 9.31. The van der Waals surface area contributed by atoms with Crippen LogP contribution in [-0.2, 0) is 9.47 Å². The first-order valence-corrected chi connectivity index (χ1v) is 8.58. The summed E-state index contributed by atoms with van der Waals surface area (Å²) in [4.78, 5) is 43.2. The Morgan fingerprint density at radius 2 is 1.19 bits per heavy atom. The standard InChI is InChI=1S/C10H11NO5.C10H11NO4/c1-15-8-5-6(11-10(14)16-2)3-4-7(8)9(12)13;1-6-5-7(11-10(14)15-2)3-4-8(6)9(12)13/h3-5H,1-2H3,(H,11,14)(H,12,13);3-5H,1-2H3,(H,11,14)(H,12,13). The molecule has 0 aliphatic heterocycles. The summed E-state index contributed by atoms with van der Waals surface area (Å²) in [7, 11) is 3.84. The van der Waals surface area contributed by atoms with Crippen molar-refractivity contribution in [3.63, 3.8) is 0 Å². The number of nitrogens with one attached hydrogen (secondary N) is 2. The van der Waals surface area contributed by atoms with Crippen molar-refractivity contribution in [1.29, 1.82) is 0 Å². The zero-order valence-electron chi connectivity index (χ0n) is 17.2. The fourth-order valence-electron chi connectivity index (χ4n) is 2.26. The van der Waals surface area contributed by atoms with E-state index in [1.54, 1.807) is 13.0 Å². The van der Waals surface area contributed by atoms with Crippen molar-refractivity contribution in [3.8, 4) is 5.75 Å². The molecule has 0 atom stereocenters. The highest BCUT2D eigenvalue weighted by Gasteiger charge is 2.12. The molecule has 2 rings (SSSR count). The van der Waals surface area contributed by atoms with Gasteiger partial charge in [0.1, 0.15) is 11.3 Å². The molecule has 0 heterocycles. The maximum atomic E-state index is 10.9. The van der Waals surface area contributed by atoms with Gasteiger partial charge in [0, 0.05) is 17.4 Å². The van der Waals surface area contributed by atoms with Crippen molar-refractivity contribution < 1.29 is 43.6 Å². The number of amides is 2. The highest BCUT2D eigenvalue weighted by molar-refractivity contribution is 5.93. The number of carbonyl (C=O) groups is 4. The van der Waals surface area contributed by atoms with Crippen LogP contribution in [0.15, 0.2) is 36.4 Å². The summed E-state index contributed by atoms with van der Waals surface area (Å²) in [6.45, 7) is 1.66. The number of hydrogen-bond donors (Lipinski definition) is 4. The number of methoxy groups -OCH3 is 3. The smallest absolute Gasteiger partial charge is 0.411 e. The molecule has 0 saturated heterocycles. The van der Waals surface area contributed by atoms with E-state index in [-0.39, 0.29) is 16.9 Å². The maximum absolute atomic E-state index is 10.9. The number of ether oxygens (including phenoxy) is 3. The summed E-state index contributed by atoms with van der Waals surface area (Å²) in [5.41, 5.74) is 1.72. The lowest BCUT2D eigenvalue weighted by Gasteiger charge is -2.08. The third-order valence-electron chi connectivity index (χ3n) is 3.75. The monoisotopic (exact) mass is 434 g/mol. The summed E-state index contributed by atoms with van der Waals surface area (Å²) >= 11 is 0. The van der Waals surface area contributed by atoms with Gasteiger partial charge in [0.05, 0.1) is 26.9 Å². The van der Waals surface area contributed by atoms with Crippen LogP contribution in [-0.4, -0.2) is 55.7 Å². The summed E-state index contributed by atoms with van der Waals surface area (Å²) in [6.07, 6.45) is -1.22. The SMILES string of the molecule is COC(=O)Nc1ccc(C(=O)O)c(C)c1.COC(=O)Nc1ccc(C(=O)O)c(OC)c1. The van der Waals surface area contributed by atoms with Crippen LogP contribution < -0.4 is 15.4 Å². The molecule has 0 saturated carbocycles. The molecule has 31 heavy (non-hydrogen) atoms. The zero-order valence-corrected chi connectivity index (χ0v) is 17.2. The molecule has 0 aliphatic carbocycles. The van der Waals surface area contributed by atoms with Crippen LogP contribution in [0.5, 0.6) is 5.75 Å². The van der Waals surface area contributed by atoms with Crippen LogP contribution in [0.4, 0.5) is 21.0 Å². The van der Waals surface area contributed by atoms with E-state index >= 15 is 0 Å². The van der Waals surface area contributed by atoms with Gasteiger partial charge in [0.25, 0.3) is 0 Å². The van der Waals surface area contributed by atoms with Crippen molar-refractivity contribution in [2.75, 3.05) is 32.0 Å². The average Bonchev–Trinajstić information content (AvgIpc) is 2.73. The molecule has 2 amide bonds. The second kappa shape index (κ2) is 11.7. The fourth-order valence-corrected chi connectivity index (χ4v) is 2.26. The number of carbonyl (C=O) groups excluding carboxylic acids is 2. The lowest BCUT2D eigenvalue weighted by Crippen LogP contribution is -2.11. The second-order valence-corrected chi connectivity index (χ2v) is 5.79. The number of rotatable bonds is 5. The van der Waals surface area contributed by atoms with Gasteiger partial charge < -0.3 is 24.4 Å². The van der Waals surface area contributed by atoms with Gasteiger partial charge >= 0.3 is 24.1 Å². The molecule has 0 unspecified atom stereocenters. The van der Waals surface area contributed by atoms with Gasteiger partial charge in [-0.2, -0.15) is 0 Å². The molecule has 11 heteroatoms. The summed E-state index contributed by atoms with van der Waals surface area (Å²) in [6, 6.07) is 8.70. The van der Waals surface area contributed by atoms with E-state index in [2.05, 4.69) is 20.1 Å². The fraction of sp³-hybridized carbons (Fsp3) is 0.200. The quantitative estimate of drug-likeness (QED) is 0.552. The molecule has 0 spiro atoms. The number of aromatic carboxylic acids is 2. The number of carboxylic acids is 2. The molecular formula is C20H22N2O9. The lowest BCUT2D eigenvalue weighted by atomic mass is 10.1. The van der Waals surface area contributed by atoms with Gasteiger partial charge in [0.2, 0.25) is 0 Å². The molecule has 4 N–H and O–H groups in total. The summed E-state index contributed by atoms with van der Waals surface area (Å²) in [5.74, 6) is -1.92. The largest absolute Gasteiger partial charge is 0.496 e. The molecular weight excluding hydrogens is 412 g/mol. The first kappa shape index (κ1) is 24.8. The Morgan fingerprint density at radius 3 is 1.58 bits per heavy atom. The van der Waals surface area contributed by atoms with Crippen LogP contribution in [0.25, 0.3) is 0 Å². The third-order valence-corrected chi connectivity index (χ3v) is 3.75. The second-order valence-electron chi connectivity index (χ2n) is 5.79. The van der Waals surface area contributed by atoms with E-state index in [4.69, 9.17) is 14.9 Å². The first-order valence-electron chi connectivity index (χ1n) is 8.58. The van der Waals surface area contributed by atoms with Crippen molar-refractivity contribution in [2.24, 2.45) is 0 Å². The van der Waals surface area contributed by atoms with Gasteiger partial charge in [-0.05, 0) is 42.8 Å². The normalized spacial score (nSPS) is 9.42.